The van der Waals surface area contributed by atoms with E-state index in [4.69, 9.17) is 14.2 Å². The molecule has 0 radical (unpaired) electrons. The van der Waals surface area contributed by atoms with Gasteiger partial charge in [0.2, 0.25) is 5.91 Å². The summed E-state index contributed by atoms with van der Waals surface area (Å²) in [7, 11) is 6.58. The number of nitrogens with one attached hydrogen (secondary N) is 2. The van der Waals surface area contributed by atoms with Gasteiger partial charge < -0.3 is 24.8 Å². The second-order valence-electron chi connectivity index (χ2n) is 7.64. The fourth-order valence-corrected chi connectivity index (χ4v) is 3.96. The zero-order valence-corrected chi connectivity index (χ0v) is 19.6. The van der Waals surface area contributed by atoms with Crippen molar-refractivity contribution < 1.29 is 19.0 Å². The van der Waals surface area contributed by atoms with Gasteiger partial charge in [-0.15, -0.1) is 0 Å². The van der Waals surface area contributed by atoms with Gasteiger partial charge in [-0.1, -0.05) is 48.5 Å². The Hall–Kier alpha value is -3.51. The van der Waals surface area contributed by atoms with Crippen molar-refractivity contribution in [1.29, 1.82) is 0 Å². The number of ether oxygens (including phenoxy) is 3. The average Bonchev–Trinajstić information content (AvgIpc) is 2.88. The van der Waals surface area contributed by atoms with Crippen LogP contribution < -0.4 is 24.8 Å². The predicted octanol–water partition coefficient (Wildman–Crippen LogP) is 4.31. The van der Waals surface area contributed by atoms with Crippen LogP contribution in [0.15, 0.2) is 72.8 Å². The highest BCUT2D eigenvalue weighted by molar-refractivity contribution is 5.82. The number of rotatable bonds is 11. The number of hydrogen-bond acceptors (Lipinski definition) is 5. The molecule has 0 aliphatic heterocycles. The molecule has 2 N–H and O–H groups in total. The van der Waals surface area contributed by atoms with Crippen molar-refractivity contribution in [3.8, 4) is 17.2 Å². The summed E-state index contributed by atoms with van der Waals surface area (Å²) >= 11 is 0. The molecule has 33 heavy (non-hydrogen) atoms. The minimum atomic E-state index is -0.418. The van der Waals surface area contributed by atoms with E-state index in [-0.39, 0.29) is 11.8 Å². The Morgan fingerprint density at radius 1 is 0.788 bits per heavy atom. The second-order valence-corrected chi connectivity index (χ2v) is 7.64. The maximum Gasteiger partial charge on any atom is 0.241 e. The van der Waals surface area contributed by atoms with Gasteiger partial charge in [0.15, 0.2) is 11.5 Å². The van der Waals surface area contributed by atoms with Crippen LogP contribution in [0.2, 0.25) is 0 Å². The van der Waals surface area contributed by atoms with Crippen molar-refractivity contribution in [1.82, 2.24) is 10.6 Å². The fourth-order valence-electron chi connectivity index (χ4n) is 3.96. The molecule has 0 saturated carbocycles. The van der Waals surface area contributed by atoms with Crippen LogP contribution in [0.3, 0.4) is 0 Å². The Morgan fingerprint density at radius 2 is 1.45 bits per heavy atom. The van der Waals surface area contributed by atoms with Gasteiger partial charge in [-0.3, -0.25) is 4.79 Å². The van der Waals surface area contributed by atoms with Crippen LogP contribution in [-0.4, -0.2) is 40.8 Å². The van der Waals surface area contributed by atoms with Crippen LogP contribution in [0.4, 0.5) is 0 Å². The first-order chi connectivity index (χ1) is 16.1. The lowest BCUT2D eigenvalue weighted by molar-refractivity contribution is -0.122. The lowest BCUT2D eigenvalue weighted by atomic mass is 9.88. The van der Waals surface area contributed by atoms with Crippen LogP contribution in [-0.2, 0) is 4.79 Å². The van der Waals surface area contributed by atoms with E-state index in [0.29, 0.717) is 18.0 Å². The summed E-state index contributed by atoms with van der Waals surface area (Å²) in [6.07, 6.45) is 0.780. The van der Waals surface area contributed by atoms with Crippen LogP contribution in [0.25, 0.3) is 0 Å². The molecular formula is C27H32N2O4. The van der Waals surface area contributed by atoms with Crippen LogP contribution in [0, 0.1) is 0 Å². The Morgan fingerprint density at radius 3 is 2.06 bits per heavy atom. The number of amides is 1. The summed E-state index contributed by atoms with van der Waals surface area (Å²) in [5.74, 6) is 2.22. The maximum absolute atomic E-state index is 12.5. The quantitative estimate of drug-likeness (QED) is 0.458. The molecule has 0 aromatic heterocycles. The van der Waals surface area contributed by atoms with Crippen molar-refractivity contribution >= 4 is 5.91 Å². The van der Waals surface area contributed by atoms with Crippen molar-refractivity contribution in [2.24, 2.45) is 0 Å². The Bertz CT molecular complexity index is 1020. The molecule has 0 fully saturated rings. The largest absolute Gasteiger partial charge is 0.497 e. The highest BCUT2D eigenvalue weighted by atomic mass is 16.5. The molecule has 3 aromatic carbocycles. The standard InChI is InChI=1S/C27H32N2O4/c1-28-27(30)26(20-8-6-5-7-9-20)29-17-16-23(19-10-13-22(31-2)14-11-19)21-12-15-24(32-3)25(18-21)33-4/h5-15,18,23,26,29H,16-17H2,1-4H3,(H,28,30)/t23-,26+/m0/s1. The number of hydrogen-bond donors (Lipinski definition) is 2. The lowest BCUT2D eigenvalue weighted by Gasteiger charge is -2.23. The number of likely N-dealkylation sites (N-methyl/N-ethyl adjacent to an activating group) is 1. The topological polar surface area (TPSA) is 68.8 Å². The van der Waals surface area contributed by atoms with Gasteiger partial charge in [-0.25, -0.2) is 0 Å². The first-order valence-corrected chi connectivity index (χ1v) is 11.0. The van der Waals surface area contributed by atoms with Gasteiger partial charge in [0, 0.05) is 13.0 Å². The zero-order valence-electron chi connectivity index (χ0n) is 19.6. The molecule has 0 aliphatic carbocycles. The summed E-state index contributed by atoms with van der Waals surface area (Å²) in [5.41, 5.74) is 3.20. The van der Waals surface area contributed by atoms with E-state index >= 15 is 0 Å². The molecular weight excluding hydrogens is 416 g/mol. The minimum Gasteiger partial charge on any atom is -0.497 e. The molecule has 3 rings (SSSR count). The van der Waals surface area contributed by atoms with Crippen molar-refractivity contribution in [3.63, 3.8) is 0 Å². The van der Waals surface area contributed by atoms with Crippen LogP contribution >= 0.6 is 0 Å². The van der Waals surface area contributed by atoms with Gasteiger partial charge in [-0.05, 0) is 53.9 Å². The third kappa shape index (κ3) is 6.05. The Kier molecular flexibility index (Phi) is 8.72. The van der Waals surface area contributed by atoms with E-state index in [1.165, 1.54) is 0 Å². The van der Waals surface area contributed by atoms with Gasteiger partial charge in [0.25, 0.3) is 0 Å². The molecule has 0 aliphatic rings. The zero-order chi connectivity index (χ0) is 23.6. The summed E-state index contributed by atoms with van der Waals surface area (Å²) in [6, 6.07) is 23.4. The van der Waals surface area contributed by atoms with Gasteiger partial charge in [-0.2, -0.15) is 0 Å². The van der Waals surface area contributed by atoms with E-state index < -0.39 is 6.04 Å². The van der Waals surface area contributed by atoms with Gasteiger partial charge >= 0.3 is 0 Å². The van der Waals surface area contributed by atoms with Crippen molar-refractivity contribution in [2.75, 3.05) is 34.9 Å². The first kappa shape index (κ1) is 24.1. The van der Waals surface area contributed by atoms with E-state index in [2.05, 4.69) is 28.8 Å². The molecule has 174 valence electrons. The number of benzene rings is 3. The van der Waals surface area contributed by atoms with E-state index in [9.17, 15) is 4.79 Å². The van der Waals surface area contributed by atoms with Gasteiger partial charge in [0.1, 0.15) is 11.8 Å². The molecule has 0 heterocycles. The Balaban J connectivity index is 1.85. The lowest BCUT2D eigenvalue weighted by Crippen LogP contribution is -2.36. The van der Waals surface area contributed by atoms with E-state index in [1.807, 2.05) is 54.6 Å². The maximum atomic E-state index is 12.5. The highest BCUT2D eigenvalue weighted by Crippen LogP contribution is 2.35. The summed E-state index contributed by atoms with van der Waals surface area (Å²) in [5, 5.41) is 6.20. The third-order valence-corrected chi connectivity index (χ3v) is 5.75. The number of carbonyl (C=O) groups excluding carboxylic acids is 1. The summed E-state index contributed by atoms with van der Waals surface area (Å²) in [6.45, 7) is 0.637. The van der Waals surface area contributed by atoms with Crippen LogP contribution in [0.1, 0.15) is 35.1 Å². The molecule has 0 unspecified atom stereocenters. The molecule has 6 heteroatoms. The Labute approximate surface area is 195 Å². The molecule has 0 saturated heterocycles. The number of carbonyl (C=O) groups is 1. The molecule has 0 spiro atoms. The minimum absolute atomic E-state index is 0.0617. The van der Waals surface area contributed by atoms with Gasteiger partial charge in [0.05, 0.1) is 21.3 Å². The SMILES string of the molecule is CNC(=O)[C@H](NCC[C@@H](c1ccc(OC)cc1)c1ccc(OC)c(OC)c1)c1ccccc1. The van der Waals surface area contributed by atoms with Crippen molar-refractivity contribution in [2.45, 2.75) is 18.4 Å². The molecule has 3 aromatic rings. The molecule has 2 atom stereocenters. The molecule has 6 nitrogen and oxygen atoms in total. The fraction of sp³-hybridized carbons (Fsp3) is 0.296. The third-order valence-electron chi connectivity index (χ3n) is 5.75. The van der Waals surface area contributed by atoms with Crippen LogP contribution in [0.5, 0.6) is 17.2 Å². The summed E-state index contributed by atoms with van der Waals surface area (Å²) < 4.78 is 16.3. The van der Waals surface area contributed by atoms with E-state index in [0.717, 1.165) is 28.9 Å². The first-order valence-electron chi connectivity index (χ1n) is 11.0. The second kappa shape index (κ2) is 11.9. The smallest absolute Gasteiger partial charge is 0.241 e. The number of methoxy groups -OCH3 is 3. The predicted molar refractivity (Wildman–Crippen MR) is 130 cm³/mol. The monoisotopic (exact) mass is 448 g/mol. The summed E-state index contributed by atoms with van der Waals surface area (Å²) in [4.78, 5) is 12.5. The highest BCUT2D eigenvalue weighted by Gasteiger charge is 2.21. The average molecular weight is 449 g/mol. The molecule has 0 bridgehead atoms. The van der Waals surface area contributed by atoms with E-state index in [1.54, 1.807) is 28.4 Å². The van der Waals surface area contributed by atoms with Crippen molar-refractivity contribution in [3.05, 3.63) is 89.5 Å². The molecule has 1 amide bonds. The normalized spacial score (nSPS) is 12.5.